The minimum Gasteiger partial charge on any atom is -0.481 e. The smallest absolute Gasteiger partial charge is 0.397 e. The Bertz CT molecular complexity index is 1340. The van der Waals surface area contributed by atoms with Gasteiger partial charge in [-0.25, -0.2) is 14.1 Å². The van der Waals surface area contributed by atoms with Gasteiger partial charge in [0.2, 0.25) is 5.88 Å². The molecule has 7 nitrogen and oxygen atoms in total. The van der Waals surface area contributed by atoms with Crippen LogP contribution >= 0.6 is 0 Å². The first kappa shape index (κ1) is 28.4. The molecule has 3 heterocycles. The third-order valence-electron chi connectivity index (χ3n) is 7.15. The molecule has 210 valence electrons. The van der Waals surface area contributed by atoms with Crippen molar-refractivity contribution in [3.05, 3.63) is 70.3 Å². The molecule has 2 aromatic heterocycles. The number of hydrogen-bond donors (Lipinski definition) is 2. The van der Waals surface area contributed by atoms with E-state index in [0.717, 1.165) is 56.9 Å². The molecular weight excluding hydrogens is 516 g/mol. The van der Waals surface area contributed by atoms with Gasteiger partial charge in [-0.3, -0.25) is 4.79 Å². The van der Waals surface area contributed by atoms with Gasteiger partial charge in [0.1, 0.15) is 11.6 Å². The number of hydrogen-bond acceptors (Lipinski definition) is 5. The molecule has 11 heteroatoms. The number of fused-ring (bicyclic) bond motifs is 1. The van der Waals surface area contributed by atoms with Crippen LogP contribution in [-0.2, 0) is 36.5 Å². The second-order valence-electron chi connectivity index (χ2n) is 10.4. The van der Waals surface area contributed by atoms with Crippen LogP contribution in [0.25, 0.3) is 0 Å². The normalized spacial score (nSPS) is 14.4. The Kier molecular flexibility index (Phi) is 8.17. The lowest BCUT2D eigenvalue weighted by Gasteiger charge is -2.29. The molecule has 0 amide bonds. The van der Waals surface area contributed by atoms with E-state index in [-0.39, 0.29) is 17.5 Å². The lowest BCUT2D eigenvalue weighted by atomic mass is 9.81. The van der Waals surface area contributed by atoms with Gasteiger partial charge < -0.3 is 15.2 Å². The van der Waals surface area contributed by atoms with Crippen LogP contribution in [0.3, 0.4) is 0 Å². The highest BCUT2D eigenvalue weighted by Crippen LogP contribution is 2.42. The summed E-state index contributed by atoms with van der Waals surface area (Å²) in [5, 5.41) is 17.2. The van der Waals surface area contributed by atoms with Crippen molar-refractivity contribution >= 4 is 11.8 Å². The number of nitrogens with zero attached hydrogens (tertiary/aromatic N) is 3. The number of nitrogens with one attached hydrogen (secondary N) is 1. The second-order valence-corrected chi connectivity index (χ2v) is 10.4. The highest BCUT2D eigenvalue weighted by atomic mass is 19.4. The molecule has 0 aliphatic carbocycles. The molecular formula is C28H32F4N4O3. The number of pyridine rings is 1. The zero-order chi connectivity index (χ0) is 28.4. The predicted octanol–water partition coefficient (Wildman–Crippen LogP) is 5.57. The Labute approximate surface area is 224 Å². The van der Waals surface area contributed by atoms with Crippen molar-refractivity contribution in [1.82, 2.24) is 14.8 Å². The first-order chi connectivity index (χ1) is 18.3. The number of carboxylic acid groups (broad SMARTS) is 1. The Morgan fingerprint density at radius 2 is 1.95 bits per heavy atom. The van der Waals surface area contributed by atoms with Crippen LogP contribution in [0.1, 0.15) is 60.7 Å². The highest BCUT2D eigenvalue weighted by molar-refractivity contribution is 5.68. The van der Waals surface area contributed by atoms with Crippen LogP contribution < -0.4 is 10.1 Å². The van der Waals surface area contributed by atoms with E-state index < -0.39 is 35.7 Å². The van der Waals surface area contributed by atoms with E-state index in [2.05, 4.69) is 21.5 Å². The Balaban J connectivity index is 1.48. The van der Waals surface area contributed by atoms with Gasteiger partial charge in [-0.05, 0) is 68.0 Å². The van der Waals surface area contributed by atoms with Crippen molar-refractivity contribution in [2.45, 2.75) is 63.5 Å². The molecule has 0 bridgehead atoms. The summed E-state index contributed by atoms with van der Waals surface area (Å²) in [6.07, 6.45) is -2.28. The Morgan fingerprint density at radius 3 is 2.67 bits per heavy atom. The van der Waals surface area contributed by atoms with E-state index >= 15 is 0 Å². The number of rotatable bonds is 10. The maximum Gasteiger partial charge on any atom is 0.397 e. The van der Waals surface area contributed by atoms with Crippen LogP contribution in [0.2, 0.25) is 0 Å². The molecule has 0 saturated heterocycles. The first-order valence-corrected chi connectivity index (χ1v) is 12.8. The molecule has 3 aromatic rings. The summed E-state index contributed by atoms with van der Waals surface area (Å²) in [6, 6.07) is 8.89. The third kappa shape index (κ3) is 6.69. The average Bonchev–Trinajstić information content (AvgIpc) is 3.20. The SMILES string of the molecule is Cn1nc(CC(CC(=O)O)c2cc(F)cc(C(C)(C)C(F)(F)F)c2)cc1OCCc1ccc2c(n1)NCCC2. The van der Waals surface area contributed by atoms with E-state index in [0.29, 0.717) is 24.6 Å². The fourth-order valence-electron chi connectivity index (χ4n) is 4.65. The maximum absolute atomic E-state index is 14.5. The quantitative estimate of drug-likeness (QED) is 0.322. The topological polar surface area (TPSA) is 89.3 Å². The van der Waals surface area contributed by atoms with Gasteiger partial charge in [0.25, 0.3) is 0 Å². The van der Waals surface area contributed by atoms with E-state index in [4.69, 9.17) is 4.74 Å². The zero-order valence-electron chi connectivity index (χ0n) is 22.1. The maximum atomic E-state index is 14.5. The lowest BCUT2D eigenvalue weighted by Crippen LogP contribution is -2.36. The summed E-state index contributed by atoms with van der Waals surface area (Å²) in [6.45, 7) is 3.17. The van der Waals surface area contributed by atoms with Crippen molar-refractivity contribution in [2.75, 3.05) is 18.5 Å². The van der Waals surface area contributed by atoms with Crippen LogP contribution in [0.5, 0.6) is 5.88 Å². The van der Waals surface area contributed by atoms with Crippen LogP contribution in [-0.4, -0.2) is 45.2 Å². The second kappa shape index (κ2) is 11.2. The number of aliphatic carboxylic acids is 1. The standard InChI is InChI=1S/C28H32F4N4O3/c1-27(2,28(30,31)32)20-11-18(12-21(29)15-20)19(14-25(37)38)13-23-16-24(36(3)35-23)39-10-8-22-7-6-17-5-4-9-33-26(17)34-22/h6-7,11-12,15-16,19H,4-5,8-10,13-14H2,1-3H3,(H,33,34)(H,37,38). The molecule has 0 saturated carbocycles. The summed E-state index contributed by atoms with van der Waals surface area (Å²) in [5.41, 5.74) is 0.158. The Hall–Kier alpha value is -3.63. The molecule has 2 N–H and O–H groups in total. The largest absolute Gasteiger partial charge is 0.481 e. The van der Waals surface area contributed by atoms with Crippen molar-refractivity contribution in [3.63, 3.8) is 0 Å². The fourth-order valence-corrected chi connectivity index (χ4v) is 4.65. The average molecular weight is 549 g/mol. The number of aromatic nitrogens is 3. The predicted molar refractivity (Wildman–Crippen MR) is 138 cm³/mol. The number of halogens is 4. The first-order valence-electron chi connectivity index (χ1n) is 12.8. The highest BCUT2D eigenvalue weighted by Gasteiger charge is 2.48. The number of carbonyl (C=O) groups is 1. The summed E-state index contributed by atoms with van der Waals surface area (Å²) >= 11 is 0. The van der Waals surface area contributed by atoms with Gasteiger partial charge in [0.15, 0.2) is 0 Å². The molecule has 1 atom stereocenters. The summed E-state index contributed by atoms with van der Waals surface area (Å²) in [4.78, 5) is 16.3. The third-order valence-corrected chi connectivity index (χ3v) is 7.15. The minimum atomic E-state index is -4.61. The molecule has 39 heavy (non-hydrogen) atoms. The number of ether oxygens (including phenoxy) is 1. The van der Waals surface area contributed by atoms with Gasteiger partial charge in [-0.2, -0.15) is 18.3 Å². The van der Waals surface area contributed by atoms with E-state index in [1.165, 1.54) is 16.3 Å². The van der Waals surface area contributed by atoms with E-state index in [1.807, 2.05) is 6.07 Å². The van der Waals surface area contributed by atoms with Gasteiger partial charge >= 0.3 is 12.1 Å². The minimum absolute atomic E-state index is 0.0802. The van der Waals surface area contributed by atoms with Crippen LogP contribution in [0.4, 0.5) is 23.4 Å². The number of carboxylic acids is 1. The van der Waals surface area contributed by atoms with Crippen molar-refractivity contribution in [1.29, 1.82) is 0 Å². The molecule has 0 radical (unpaired) electrons. The van der Waals surface area contributed by atoms with Crippen molar-refractivity contribution in [2.24, 2.45) is 7.05 Å². The number of benzene rings is 1. The number of aryl methyl sites for hydroxylation is 2. The molecule has 1 aliphatic heterocycles. The van der Waals surface area contributed by atoms with Crippen molar-refractivity contribution < 1.29 is 32.2 Å². The van der Waals surface area contributed by atoms with E-state index in [9.17, 15) is 27.5 Å². The van der Waals surface area contributed by atoms with Crippen LogP contribution in [0, 0.1) is 5.82 Å². The van der Waals surface area contributed by atoms with Gasteiger partial charge in [0, 0.05) is 37.7 Å². The zero-order valence-corrected chi connectivity index (χ0v) is 22.1. The summed E-state index contributed by atoms with van der Waals surface area (Å²) in [7, 11) is 1.68. The monoisotopic (exact) mass is 548 g/mol. The number of anilines is 1. The molecule has 4 rings (SSSR count). The van der Waals surface area contributed by atoms with Crippen molar-refractivity contribution in [3.8, 4) is 5.88 Å². The number of alkyl halides is 3. The van der Waals surface area contributed by atoms with Crippen LogP contribution in [0.15, 0.2) is 36.4 Å². The lowest BCUT2D eigenvalue weighted by molar-refractivity contribution is -0.180. The van der Waals surface area contributed by atoms with Gasteiger partial charge in [0.05, 0.1) is 24.1 Å². The summed E-state index contributed by atoms with van der Waals surface area (Å²) < 4.78 is 62.7. The molecule has 1 aromatic carbocycles. The van der Waals surface area contributed by atoms with Gasteiger partial charge in [-0.1, -0.05) is 12.1 Å². The summed E-state index contributed by atoms with van der Waals surface area (Å²) in [5.74, 6) is -1.44. The molecule has 1 unspecified atom stereocenters. The molecule has 0 fully saturated rings. The van der Waals surface area contributed by atoms with E-state index in [1.54, 1.807) is 13.1 Å². The fraction of sp³-hybridized carbons (Fsp3) is 0.464. The Morgan fingerprint density at radius 1 is 1.18 bits per heavy atom. The molecule has 0 spiro atoms. The molecule has 1 aliphatic rings. The van der Waals surface area contributed by atoms with Gasteiger partial charge in [-0.15, -0.1) is 0 Å².